The predicted molar refractivity (Wildman–Crippen MR) is 202 cm³/mol. The maximum Gasteiger partial charge on any atom is 0.0612 e. The van der Waals surface area contributed by atoms with Crippen molar-refractivity contribution in [3.8, 4) is 0 Å². The number of hydrogen-bond acceptors (Lipinski definition) is 1. The average molecular weight is 635 g/mol. The van der Waals surface area contributed by atoms with E-state index in [2.05, 4.69) is 71.9 Å². The van der Waals surface area contributed by atoms with Crippen molar-refractivity contribution >= 4 is 0 Å². The molecule has 0 aromatic carbocycles. The highest BCUT2D eigenvalue weighted by atomic mass is 16.5. The molecular weight excluding hydrogens is 556 g/mol. The second-order valence-electron chi connectivity index (χ2n) is 17.6. The van der Waals surface area contributed by atoms with E-state index in [0.29, 0.717) is 16.9 Å². The minimum absolute atomic E-state index is 0.450. The van der Waals surface area contributed by atoms with Crippen LogP contribution in [0.5, 0.6) is 0 Å². The van der Waals surface area contributed by atoms with Gasteiger partial charge in [-0.25, -0.2) is 0 Å². The van der Waals surface area contributed by atoms with E-state index < -0.39 is 0 Å². The third-order valence-corrected chi connectivity index (χ3v) is 14.0. The van der Waals surface area contributed by atoms with E-state index in [4.69, 9.17) is 4.74 Å². The standard InChI is InChI=1S/C45H78O/c1-7-8-9-10-11-12-13-14-15-16-17-18-19-20-21-22-34-46-39-30-32-44(5)38(35-39)26-27-40-42-29-28-41(37(4)25-23-24-36(2)3)45(42,6)33-31-43(40)44/h11-12,14-15,26,36-37,39-43H,7-10,13,16-25,27-35H2,1-6H3/b12-11-,15-14-/t37?,39-,40?,41+,42?,43?,44-,45+/m0/s1. The lowest BCUT2D eigenvalue weighted by atomic mass is 9.47. The Hall–Kier alpha value is -0.820. The summed E-state index contributed by atoms with van der Waals surface area (Å²) in [6.45, 7) is 16.1. The molecule has 0 N–H and O–H groups in total. The molecular formula is C45H78O. The molecule has 1 heteroatoms. The van der Waals surface area contributed by atoms with Crippen molar-refractivity contribution in [3.05, 3.63) is 36.0 Å². The lowest BCUT2D eigenvalue weighted by molar-refractivity contribution is -0.0641. The zero-order chi connectivity index (χ0) is 32.8. The summed E-state index contributed by atoms with van der Waals surface area (Å²) in [6, 6.07) is 0. The Morgan fingerprint density at radius 2 is 1.48 bits per heavy atom. The molecule has 4 unspecified atom stereocenters. The van der Waals surface area contributed by atoms with Crippen molar-refractivity contribution in [3.63, 3.8) is 0 Å². The maximum absolute atomic E-state index is 6.55. The van der Waals surface area contributed by atoms with E-state index >= 15 is 0 Å². The molecule has 0 saturated heterocycles. The number of allylic oxidation sites excluding steroid dienone is 5. The van der Waals surface area contributed by atoms with Gasteiger partial charge in [-0.1, -0.05) is 135 Å². The molecule has 46 heavy (non-hydrogen) atoms. The fourth-order valence-electron chi connectivity index (χ4n) is 11.1. The lowest BCUT2D eigenvalue weighted by Crippen LogP contribution is -2.51. The van der Waals surface area contributed by atoms with Crippen LogP contribution in [0, 0.1) is 46.3 Å². The number of rotatable bonds is 21. The van der Waals surface area contributed by atoms with E-state index in [0.717, 1.165) is 48.5 Å². The number of ether oxygens (including phenoxy) is 1. The normalized spacial score (nSPS) is 33.4. The quantitative estimate of drug-likeness (QED) is 0.0901. The van der Waals surface area contributed by atoms with Crippen molar-refractivity contribution in [2.24, 2.45) is 46.3 Å². The number of fused-ring (bicyclic) bond motifs is 5. The molecule has 3 saturated carbocycles. The van der Waals surface area contributed by atoms with Gasteiger partial charge in [-0.3, -0.25) is 0 Å². The molecule has 8 atom stereocenters. The van der Waals surface area contributed by atoms with Crippen molar-refractivity contribution in [2.75, 3.05) is 6.61 Å². The van der Waals surface area contributed by atoms with Crippen LogP contribution in [-0.2, 0) is 4.74 Å². The smallest absolute Gasteiger partial charge is 0.0612 e. The highest BCUT2D eigenvalue weighted by Crippen LogP contribution is 2.67. The van der Waals surface area contributed by atoms with E-state index in [1.54, 1.807) is 5.57 Å². The van der Waals surface area contributed by atoms with E-state index in [-0.39, 0.29) is 0 Å². The first kappa shape index (κ1) is 38.0. The summed E-state index contributed by atoms with van der Waals surface area (Å²) >= 11 is 0. The summed E-state index contributed by atoms with van der Waals surface area (Å²) in [4.78, 5) is 0. The summed E-state index contributed by atoms with van der Waals surface area (Å²) in [6.07, 6.45) is 44.0. The van der Waals surface area contributed by atoms with Gasteiger partial charge in [0.25, 0.3) is 0 Å². The fraction of sp³-hybridized carbons (Fsp3) is 0.867. The lowest BCUT2D eigenvalue weighted by Gasteiger charge is -2.58. The summed E-state index contributed by atoms with van der Waals surface area (Å²) in [5.41, 5.74) is 2.84. The minimum atomic E-state index is 0.450. The highest BCUT2D eigenvalue weighted by Gasteiger charge is 2.59. The molecule has 0 aromatic rings. The SMILES string of the molecule is CCCCC/C=C\C/C=C\CCCCCCCCO[C@H]1CC[C@@]2(C)C(=CCC3C2CC[C@@]2(C)C3CC[C@@H]2C(C)CCCC(C)C)C1. The Kier molecular flexibility index (Phi) is 16.0. The van der Waals surface area contributed by atoms with Crippen LogP contribution in [0.1, 0.15) is 189 Å². The van der Waals surface area contributed by atoms with Gasteiger partial charge in [0.2, 0.25) is 0 Å². The molecule has 264 valence electrons. The van der Waals surface area contributed by atoms with Crippen LogP contribution in [0.25, 0.3) is 0 Å². The molecule has 0 aliphatic heterocycles. The first-order valence-electron chi connectivity index (χ1n) is 20.9. The van der Waals surface area contributed by atoms with Crippen LogP contribution < -0.4 is 0 Å². The zero-order valence-electron chi connectivity index (χ0n) is 31.8. The molecule has 0 aromatic heterocycles. The van der Waals surface area contributed by atoms with Crippen molar-refractivity contribution in [2.45, 2.75) is 195 Å². The first-order chi connectivity index (χ1) is 22.3. The molecule has 0 heterocycles. The van der Waals surface area contributed by atoms with Crippen LogP contribution >= 0.6 is 0 Å². The molecule has 0 spiro atoms. The summed E-state index contributed by atoms with van der Waals surface area (Å²) in [5.74, 6) is 5.57. The van der Waals surface area contributed by atoms with Gasteiger partial charge in [-0.15, -0.1) is 0 Å². The molecule has 0 bridgehead atoms. The van der Waals surface area contributed by atoms with Crippen molar-refractivity contribution in [1.82, 2.24) is 0 Å². The first-order valence-corrected chi connectivity index (χ1v) is 20.9. The average Bonchev–Trinajstić information content (AvgIpc) is 3.39. The third kappa shape index (κ3) is 10.3. The molecule has 4 aliphatic rings. The van der Waals surface area contributed by atoms with Crippen LogP contribution in [0.4, 0.5) is 0 Å². The highest BCUT2D eigenvalue weighted by molar-refractivity contribution is 5.25. The largest absolute Gasteiger partial charge is 0.378 e. The van der Waals surface area contributed by atoms with E-state index in [9.17, 15) is 0 Å². The predicted octanol–water partition coefficient (Wildman–Crippen LogP) is 14.2. The Balaban J connectivity index is 1.10. The topological polar surface area (TPSA) is 9.23 Å². The van der Waals surface area contributed by atoms with Gasteiger partial charge in [0.1, 0.15) is 0 Å². The van der Waals surface area contributed by atoms with Gasteiger partial charge in [0.15, 0.2) is 0 Å². The number of unbranched alkanes of at least 4 members (excludes halogenated alkanes) is 9. The van der Waals surface area contributed by atoms with Gasteiger partial charge in [-0.05, 0) is 136 Å². The molecule has 0 amide bonds. The molecule has 1 nitrogen and oxygen atoms in total. The molecule has 0 radical (unpaired) electrons. The Labute approximate surface area is 288 Å². The van der Waals surface area contributed by atoms with Crippen LogP contribution in [0.2, 0.25) is 0 Å². The van der Waals surface area contributed by atoms with Crippen LogP contribution in [0.15, 0.2) is 36.0 Å². The zero-order valence-corrected chi connectivity index (χ0v) is 31.8. The Bertz CT molecular complexity index is 941. The maximum atomic E-state index is 6.55. The monoisotopic (exact) mass is 635 g/mol. The summed E-state index contributed by atoms with van der Waals surface area (Å²) in [5, 5.41) is 0. The molecule has 3 fully saturated rings. The van der Waals surface area contributed by atoms with Crippen molar-refractivity contribution < 1.29 is 4.74 Å². The van der Waals surface area contributed by atoms with Gasteiger partial charge in [0, 0.05) is 6.61 Å². The van der Waals surface area contributed by atoms with Crippen LogP contribution in [0.3, 0.4) is 0 Å². The second-order valence-corrected chi connectivity index (χ2v) is 17.6. The fourth-order valence-corrected chi connectivity index (χ4v) is 11.1. The number of hydrogen-bond donors (Lipinski definition) is 0. The minimum Gasteiger partial charge on any atom is -0.378 e. The van der Waals surface area contributed by atoms with E-state index in [1.165, 1.54) is 141 Å². The summed E-state index contributed by atoms with van der Waals surface area (Å²) in [7, 11) is 0. The Morgan fingerprint density at radius 1 is 0.761 bits per heavy atom. The van der Waals surface area contributed by atoms with Gasteiger partial charge < -0.3 is 4.74 Å². The Morgan fingerprint density at radius 3 is 2.22 bits per heavy atom. The molecule has 4 rings (SSSR count). The summed E-state index contributed by atoms with van der Waals surface area (Å²) < 4.78 is 6.55. The van der Waals surface area contributed by atoms with Crippen molar-refractivity contribution in [1.29, 1.82) is 0 Å². The third-order valence-electron chi connectivity index (χ3n) is 14.0. The van der Waals surface area contributed by atoms with Gasteiger partial charge in [0.05, 0.1) is 6.10 Å². The van der Waals surface area contributed by atoms with E-state index in [1.807, 2.05) is 0 Å². The van der Waals surface area contributed by atoms with Gasteiger partial charge >= 0.3 is 0 Å². The molecule has 4 aliphatic carbocycles. The van der Waals surface area contributed by atoms with Gasteiger partial charge in [-0.2, -0.15) is 0 Å². The van der Waals surface area contributed by atoms with Crippen LogP contribution in [-0.4, -0.2) is 12.7 Å². The second kappa shape index (κ2) is 19.4.